The van der Waals surface area contributed by atoms with E-state index in [4.69, 9.17) is 0 Å². The van der Waals surface area contributed by atoms with E-state index in [1.54, 1.807) is 21.1 Å². The second-order valence-electron chi connectivity index (χ2n) is 4.81. The molecule has 0 aliphatic rings. The first-order valence-corrected chi connectivity index (χ1v) is 8.70. The van der Waals surface area contributed by atoms with Crippen molar-refractivity contribution >= 4 is 22.8 Å². The van der Waals surface area contributed by atoms with Crippen LogP contribution in [0.2, 0.25) is 0 Å². The second-order valence-corrected chi connectivity index (χ2v) is 7.51. The third-order valence-electron chi connectivity index (χ3n) is 2.99. The zero-order valence-electron chi connectivity index (χ0n) is 11.9. The minimum absolute atomic E-state index is 0.608. The molecule has 0 aromatic heterocycles. The second kappa shape index (κ2) is 10.1. The van der Waals surface area contributed by atoms with Crippen LogP contribution >= 0.6 is 12.6 Å². The molecule has 0 saturated heterocycles. The Bertz CT molecular complexity index is 292. The molecule has 0 heterocycles. The SMILES string of the molecule is CN(C)S(=O)(=O)N(C)CCCCCCCCCS. The van der Waals surface area contributed by atoms with Gasteiger partial charge in [-0.3, -0.25) is 0 Å². The van der Waals surface area contributed by atoms with E-state index in [1.807, 2.05) is 0 Å². The number of hydrogen-bond acceptors (Lipinski definition) is 3. The van der Waals surface area contributed by atoms with Gasteiger partial charge in [0, 0.05) is 27.7 Å². The van der Waals surface area contributed by atoms with E-state index in [-0.39, 0.29) is 0 Å². The monoisotopic (exact) mass is 296 g/mol. The molecule has 0 N–H and O–H groups in total. The first-order chi connectivity index (χ1) is 8.42. The van der Waals surface area contributed by atoms with Crippen molar-refractivity contribution in [3.8, 4) is 0 Å². The summed E-state index contributed by atoms with van der Waals surface area (Å²) in [6.45, 7) is 0.608. The summed E-state index contributed by atoms with van der Waals surface area (Å²) in [7, 11) is 1.54. The van der Waals surface area contributed by atoms with Gasteiger partial charge >= 0.3 is 0 Å². The standard InChI is InChI=1S/C12H28N2O2S2/c1-13(2)18(15,16)14(3)11-9-7-5-4-6-8-10-12-17/h17H,4-12H2,1-3H3. The summed E-state index contributed by atoms with van der Waals surface area (Å²) in [5, 5.41) is 0. The molecule has 0 aliphatic carbocycles. The lowest BCUT2D eigenvalue weighted by atomic mass is 10.1. The highest BCUT2D eigenvalue weighted by atomic mass is 32.2. The Balaban J connectivity index is 3.55. The van der Waals surface area contributed by atoms with Crippen LogP contribution in [0.5, 0.6) is 0 Å². The minimum Gasteiger partial charge on any atom is -0.195 e. The van der Waals surface area contributed by atoms with Crippen LogP contribution < -0.4 is 0 Å². The largest absolute Gasteiger partial charge is 0.281 e. The van der Waals surface area contributed by atoms with Gasteiger partial charge in [-0.05, 0) is 18.6 Å². The van der Waals surface area contributed by atoms with Gasteiger partial charge in [-0.2, -0.15) is 29.7 Å². The highest BCUT2D eigenvalue weighted by Gasteiger charge is 2.19. The van der Waals surface area contributed by atoms with Crippen molar-refractivity contribution < 1.29 is 8.42 Å². The molecular formula is C12H28N2O2S2. The van der Waals surface area contributed by atoms with E-state index in [9.17, 15) is 8.42 Å². The summed E-state index contributed by atoms with van der Waals surface area (Å²) in [5.74, 6) is 0.979. The lowest BCUT2D eigenvalue weighted by molar-refractivity contribution is 0.406. The summed E-state index contributed by atoms with van der Waals surface area (Å²) in [6.07, 6.45) is 8.22. The maximum Gasteiger partial charge on any atom is 0.281 e. The van der Waals surface area contributed by atoms with E-state index >= 15 is 0 Å². The van der Waals surface area contributed by atoms with E-state index in [0.29, 0.717) is 6.54 Å². The maximum absolute atomic E-state index is 11.7. The molecule has 18 heavy (non-hydrogen) atoms. The number of nitrogens with zero attached hydrogens (tertiary/aromatic N) is 2. The summed E-state index contributed by atoms with van der Waals surface area (Å²) >= 11 is 4.18. The number of unbranched alkanes of at least 4 members (excludes halogenated alkanes) is 6. The van der Waals surface area contributed by atoms with Crippen LogP contribution in [-0.4, -0.2) is 50.5 Å². The predicted octanol–water partition coefficient (Wildman–Crippen LogP) is 2.39. The van der Waals surface area contributed by atoms with Gasteiger partial charge in [0.25, 0.3) is 10.2 Å². The Labute approximate surface area is 118 Å². The molecule has 4 nitrogen and oxygen atoms in total. The van der Waals surface area contributed by atoms with Crippen molar-refractivity contribution in [2.45, 2.75) is 44.9 Å². The van der Waals surface area contributed by atoms with E-state index in [0.717, 1.165) is 18.6 Å². The van der Waals surface area contributed by atoms with Gasteiger partial charge in [-0.1, -0.05) is 32.1 Å². The van der Waals surface area contributed by atoms with Gasteiger partial charge in [0.2, 0.25) is 0 Å². The van der Waals surface area contributed by atoms with Gasteiger partial charge in [-0.15, -0.1) is 0 Å². The number of thiol groups is 1. The van der Waals surface area contributed by atoms with Crippen LogP contribution in [-0.2, 0) is 10.2 Å². The highest BCUT2D eigenvalue weighted by Crippen LogP contribution is 2.09. The van der Waals surface area contributed by atoms with Gasteiger partial charge in [0.15, 0.2) is 0 Å². The maximum atomic E-state index is 11.7. The van der Waals surface area contributed by atoms with Crippen LogP contribution in [0.25, 0.3) is 0 Å². The van der Waals surface area contributed by atoms with Crippen LogP contribution in [0, 0.1) is 0 Å². The molecule has 0 spiro atoms. The highest BCUT2D eigenvalue weighted by molar-refractivity contribution is 7.86. The zero-order valence-corrected chi connectivity index (χ0v) is 13.6. The Hall–Kier alpha value is 0.220. The van der Waals surface area contributed by atoms with Crippen LogP contribution in [0.1, 0.15) is 44.9 Å². The first-order valence-electron chi connectivity index (χ1n) is 6.67. The zero-order chi connectivity index (χ0) is 14.0. The molecule has 0 aliphatic heterocycles. The molecule has 0 rings (SSSR count). The molecule has 0 saturated carbocycles. The molecule has 0 fully saturated rings. The molecule has 0 aromatic rings. The fraction of sp³-hybridized carbons (Fsp3) is 1.00. The molecule has 0 radical (unpaired) electrons. The average molecular weight is 297 g/mol. The van der Waals surface area contributed by atoms with Gasteiger partial charge in [-0.25, -0.2) is 0 Å². The lowest BCUT2D eigenvalue weighted by Gasteiger charge is -2.21. The molecule has 0 aromatic carbocycles. The van der Waals surface area contributed by atoms with Crippen molar-refractivity contribution in [3.63, 3.8) is 0 Å². The van der Waals surface area contributed by atoms with Crippen molar-refractivity contribution in [2.75, 3.05) is 33.4 Å². The normalized spacial score (nSPS) is 12.6. The summed E-state index contributed by atoms with van der Waals surface area (Å²) in [6, 6.07) is 0. The number of hydrogen-bond donors (Lipinski definition) is 1. The fourth-order valence-corrected chi connectivity index (χ4v) is 2.87. The predicted molar refractivity (Wildman–Crippen MR) is 81.4 cm³/mol. The van der Waals surface area contributed by atoms with Gasteiger partial charge < -0.3 is 0 Å². The lowest BCUT2D eigenvalue weighted by Crippen LogP contribution is -2.37. The Morgan fingerprint density at radius 2 is 1.28 bits per heavy atom. The molecule has 0 atom stereocenters. The molecule has 110 valence electrons. The van der Waals surface area contributed by atoms with E-state index < -0.39 is 10.2 Å². The van der Waals surface area contributed by atoms with Gasteiger partial charge in [0.1, 0.15) is 0 Å². The van der Waals surface area contributed by atoms with Crippen molar-refractivity contribution in [3.05, 3.63) is 0 Å². The molecule has 6 heteroatoms. The summed E-state index contributed by atoms with van der Waals surface area (Å²) in [5.41, 5.74) is 0. The molecule has 0 amide bonds. The van der Waals surface area contributed by atoms with Crippen LogP contribution in [0.15, 0.2) is 0 Å². The first kappa shape index (κ1) is 18.2. The summed E-state index contributed by atoms with van der Waals surface area (Å²) in [4.78, 5) is 0. The molecule has 0 bridgehead atoms. The third kappa shape index (κ3) is 7.61. The van der Waals surface area contributed by atoms with Crippen molar-refractivity contribution in [1.29, 1.82) is 0 Å². The van der Waals surface area contributed by atoms with Gasteiger partial charge in [0.05, 0.1) is 0 Å². The number of rotatable bonds is 11. The van der Waals surface area contributed by atoms with Crippen LogP contribution in [0.4, 0.5) is 0 Å². The summed E-state index contributed by atoms with van der Waals surface area (Å²) < 4.78 is 26.1. The quantitative estimate of drug-likeness (QED) is 0.470. The Morgan fingerprint density at radius 3 is 1.72 bits per heavy atom. The smallest absolute Gasteiger partial charge is 0.195 e. The van der Waals surface area contributed by atoms with E-state index in [2.05, 4.69) is 12.6 Å². The Morgan fingerprint density at radius 1 is 0.833 bits per heavy atom. The molecule has 0 unspecified atom stereocenters. The van der Waals surface area contributed by atoms with Crippen LogP contribution in [0.3, 0.4) is 0 Å². The van der Waals surface area contributed by atoms with Crippen molar-refractivity contribution in [1.82, 2.24) is 8.61 Å². The fourth-order valence-electron chi connectivity index (χ4n) is 1.72. The Kier molecular flexibility index (Phi) is 10.2. The minimum atomic E-state index is -3.22. The van der Waals surface area contributed by atoms with E-state index in [1.165, 1.54) is 40.7 Å². The van der Waals surface area contributed by atoms with Crippen molar-refractivity contribution in [2.24, 2.45) is 0 Å². The third-order valence-corrected chi connectivity index (χ3v) is 5.20. The average Bonchev–Trinajstić information content (AvgIpc) is 2.32. The molecular weight excluding hydrogens is 268 g/mol. The topological polar surface area (TPSA) is 40.6 Å².